The molecule has 11 heteroatoms. The van der Waals surface area contributed by atoms with Crippen molar-refractivity contribution in [3.63, 3.8) is 0 Å². The number of thioether (sulfide) groups is 1. The molecule has 1 aliphatic heterocycles. The maximum Gasteiger partial charge on any atom is 0.293 e. The van der Waals surface area contributed by atoms with Gasteiger partial charge in [0.15, 0.2) is 18.1 Å². The van der Waals surface area contributed by atoms with Gasteiger partial charge in [-0.25, -0.2) is 0 Å². The molecule has 0 aromatic heterocycles. The third kappa shape index (κ3) is 6.75. The molecule has 0 aliphatic carbocycles. The number of amides is 3. The van der Waals surface area contributed by atoms with Crippen molar-refractivity contribution in [1.82, 2.24) is 4.90 Å². The molecule has 3 aromatic carbocycles. The van der Waals surface area contributed by atoms with Crippen LogP contribution in [-0.4, -0.2) is 35.7 Å². The molecule has 3 amide bonds. The summed E-state index contributed by atoms with van der Waals surface area (Å²) >= 11 is 13.7. The van der Waals surface area contributed by atoms with E-state index in [1.807, 2.05) is 24.3 Å². The van der Waals surface area contributed by atoms with Gasteiger partial charge in [0.2, 0.25) is 0 Å². The summed E-state index contributed by atoms with van der Waals surface area (Å²) in [5.41, 5.74) is 2.02. The van der Waals surface area contributed by atoms with Gasteiger partial charge in [-0.05, 0) is 81.3 Å². The molecule has 0 radical (unpaired) electrons. The maximum atomic E-state index is 12.9. The summed E-state index contributed by atoms with van der Waals surface area (Å²) in [6, 6.07) is 17.5. The van der Waals surface area contributed by atoms with Crippen molar-refractivity contribution in [2.24, 2.45) is 0 Å². The van der Waals surface area contributed by atoms with E-state index < -0.39 is 0 Å². The molecule has 4 rings (SSSR count). The van der Waals surface area contributed by atoms with Crippen LogP contribution in [0.1, 0.15) is 11.1 Å². The summed E-state index contributed by atoms with van der Waals surface area (Å²) in [6.07, 6.45) is 1.63. The number of nitrogens with one attached hydrogen (secondary N) is 1. The molecule has 37 heavy (non-hydrogen) atoms. The number of hydrogen-bond acceptors (Lipinski definition) is 6. The third-order valence-electron chi connectivity index (χ3n) is 5.21. The standard InChI is InChI=1S/C26H19Br2ClN2O5S/c1-35-22-10-15(6-9-21(22)36-14-24(32)30-17-7-8-19(28)20(29)12-17)11-23-25(33)31(26(34)37-23)13-16-4-2-3-5-18(16)27/h2-12H,13-14H2,1H3,(H,30,32)/b23-11+. The number of halogens is 3. The Balaban J connectivity index is 1.42. The van der Waals surface area contributed by atoms with Crippen LogP contribution in [0, 0.1) is 0 Å². The van der Waals surface area contributed by atoms with E-state index in [1.54, 1.807) is 42.5 Å². The van der Waals surface area contributed by atoms with Crippen LogP contribution in [-0.2, 0) is 16.1 Å². The molecule has 3 aromatic rings. The number of benzene rings is 3. The molecule has 1 saturated heterocycles. The minimum atomic E-state index is -0.372. The number of anilines is 1. The van der Waals surface area contributed by atoms with Gasteiger partial charge in [-0.3, -0.25) is 19.3 Å². The second-order valence-corrected chi connectivity index (χ2v) is 10.8. The molecule has 0 unspecified atom stereocenters. The van der Waals surface area contributed by atoms with E-state index >= 15 is 0 Å². The fraction of sp³-hybridized carbons (Fsp3) is 0.115. The van der Waals surface area contributed by atoms with Gasteiger partial charge in [0.05, 0.1) is 23.6 Å². The lowest BCUT2D eigenvalue weighted by Crippen LogP contribution is -2.27. The predicted molar refractivity (Wildman–Crippen MR) is 152 cm³/mol. The monoisotopic (exact) mass is 664 g/mol. The van der Waals surface area contributed by atoms with Gasteiger partial charge in [0.1, 0.15) is 0 Å². The molecule has 190 valence electrons. The van der Waals surface area contributed by atoms with Crippen molar-refractivity contribution in [2.75, 3.05) is 19.0 Å². The van der Waals surface area contributed by atoms with Gasteiger partial charge in [-0.1, -0.05) is 51.8 Å². The Kier molecular flexibility index (Phi) is 8.96. The highest BCUT2D eigenvalue weighted by Crippen LogP contribution is 2.36. The Bertz CT molecular complexity index is 1420. The van der Waals surface area contributed by atoms with Crippen LogP contribution >= 0.6 is 55.2 Å². The van der Waals surface area contributed by atoms with Gasteiger partial charge < -0.3 is 14.8 Å². The number of carbonyl (C=O) groups excluding carboxylic acids is 3. The number of hydrogen-bond donors (Lipinski definition) is 1. The first-order valence-electron chi connectivity index (χ1n) is 10.8. The second-order valence-electron chi connectivity index (χ2n) is 7.74. The number of carbonyl (C=O) groups is 3. The van der Waals surface area contributed by atoms with Crippen LogP contribution in [0.25, 0.3) is 6.08 Å². The normalized spacial score (nSPS) is 14.3. The fourth-order valence-electron chi connectivity index (χ4n) is 3.39. The first-order chi connectivity index (χ1) is 17.7. The molecular weight excluding hydrogens is 648 g/mol. The number of rotatable bonds is 8. The van der Waals surface area contributed by atoms with Crippen LogP contribution in [0.4, 0.5) is 10.5 Å². The van der Waals surface area contributed by atoms with Gasteiger partial charge in [0, 0.05) is 14.6 Å². The third-order valence-corrected chi connectivity index (χ3v) is 8.12. The Morgan fingerprint density at radius 3 is 2.57 bits per heavy atom. The molecule has 0 atom stereocenters. The lowest BCUT2D eigenvalue weighted by Gasteiger charge is -2.13. The predicted octanol–water partition coefficient (Wildman–Crippen LogP) is 7.13. The maximum absolute atomic E-state index is 12.9. The molecule has 0 spiro atoms. The van der Waals surface area contributed by atoms with E-state index in [4.69, 9.17) is 21.1 Å². The van der Waals surface area contributed by atoms with Crippen molar-refractivity contribution in [3.8, 4) is 11.5 Å². The van der Waals surface area contributed by atoms with Crippen molar-refractivity contribution >= 4 is 84.0 Å². The van der Waals surface area contributed by atoms with E-state index in [0.717, 1.165) is 26.3 Å². The average Bonchev–Trinajstić information content (AvgIpc) is 3.13. The Labute approximate surface area is 239 Å². The summed E-state index contributed by atoms with van der Waals surface area (Å²) in [6.45, 7) is -0.0780. The van der Waals surface area contributed by atoms with Crippen LogP contribution in [0.2, 0.25) is 5.02 Å². The van der Waals surface area contributed by atoms with Gasteiger partial charge in [-0.15, -0.1) is 0 Å². The Morgan fingerprint density at radius 2 is 1.84 bits per heavy atom. The van der Waals surface area contributed by atoms with Crippen molar-refractivity contribution in [1.29, 1.82) is 0 Å². The number of methoxy groups -OCH3 is 1. The minimum absolute atomic E-state index is 0.175. The molecule has 0 saturated carbocycles. The zero-order valence-corrected chi connectivity index (χ0v) is 24.0. The fourth-order valence-corrected chi connectivity index (χ4v) is 5.07. The first kappa shape index (κ1) is 27.3. The average molecular weight is 667 g/mol. The summed E-state index contributed by atoms with van der Waals surface area (Å²) in [5, 5.41) is 2.85. The van der Waals surface area contributed by atoms with Crippen molar-refractivity contribution in [3.05, 3.63) is 90.7 Å². The van der Waals surface area contributed by atoms with E-state index in [2.05, 4.69) is 37.2 Å². The smallest absolute Gasteiger partial charge is 0.293 e. The highest BCUT2D eigenvalue weighted by atomic mass is 79.9. The molecule has 1 fully saturated rings. The first-order valence-corrected chi connectivity index (χ1v) is 13.6. The van der Waals surface area contributed by atoms with E-state index in [-0.39, 0.29) is 30.2 Å². The van der Waals surface area contributed by atoms with Crippen LogP contribution < -0.4 is 14.8 Å². The molecule has 1 aliphatic rings. The number of ether oxygens (including phenoxy) is 2. The summed E-state index contributed by atoms with van der Waals surface area (Å²) in [7, 11) is 1.47. The Morgan fingerprint density at radius 1 is 1.05 bits per heavy atom. The molecule has 7 nitrogen and oxygen atoms in total. The van der Waals surface area contributed by atoms with Gasteiger partial charge in [-0.2, -0.15) is 0 Å². The van der Waals surface area contributed by atoms with E-state index in [1.165, 1.54) is 12.0 Å². The SMILES string of the molecule is COc1cc(/C=C2/SC(=O)N(Cc3ccccc3Br)C2=O)ccc1OCC(=O)Nc1ccc(Br)c(Cl)c1. The summed E-state index contributed by atoms with van der Waals surface area (Å²) in [5.74, 6) is -0.00985. The zero-order valence-electron chi connectivity index (χ0n) is 19.3. The quantitative estimate of drug-likeness (QED) is 0.258. The van der Waals surface area contributed by atoms with E-state index in [0.29, 0.717) is 32.7 Å². The van der Waals surface area contributed by atoms with E-state index in [9.17, 15) is 14.4 Å². The molecule has 1 N–H and O–H groups in total. The molecule has 0 bridgehead atoms. The second kappa shape index (κ2) is 12.2. The highest BCUT2D eigenvalue weighted by Gasteiger charge is 2.35. The Hall–Kier alpha value is -2.79. The minimum Gasteiger partial charge on any atom is -0.493 e. The summed E-state index contributed by atoms with van der Waals surface area (Å²) < 4.78 is 12.6. The zero-order chi connectivity index (χ0) is 26.5. The number of imide groups is 1. The van der Waals surface area contributed by atoms with Crippen LogP contribution in [0.3, 0.4) is 0 Å². The van der Waals surface area contributed by atoms with Crippen LogP contribution in [0.15, 0.2) is 74.5 Å². The topological polar surface area (TPSA) is 84.9 Å². The van der Waals surface area contributed by atoms with Gasteiger partial charge in [0.25, 0.3) is 17.1 Å². The highest BCUT2D eigenvalue weighted by molar-refractivity contribution is 9.10. The van der Waals surface area contributed by atoms with Crippen molar-refractivity contribution < 1.29 is 23.9 Å². The lowest BCUT2D eigenvalue weighted by molar-refractivity contribution is -0.123. The lowest BCUT2D eigenvalue weighted by atomic mass is 10.1. The van der Waals surface area contributed by atoms with Gasteiger partial charge >= 0.3 is 0 Å². The largest absolute Gasteiger partial charge is 0.493 e. The summed E-state index contributed by atoms with van der Waals surface area (Å²) in [4.78, 5) is 39.3. The molecular formula is C26H19Br2ClN2O5S. The van der Waals surface area contributed by atoms with Crippen molar-refractivity contribution in [2.45, 2.75) is 6.54 Å². The van der Waals surface area contributed by atoms with Crippen LogP contribution in [0.5, 0.6) is 11.5 Å². The molecule has 1 heterocycles. The number of nitrogens with zero attached hydrogens (tertiary/aromatic N) is 1.